The Morgan fingerprint density at radius 3 is 2.75 bits per heavy atom. The first-order valence-electron chi connectivity index (χ1n) is 8.31. The van der Waals surface area contributed by atoms with E-state index in [-0.39, 0.29) is 5.91 Å². The molecule has 0 spiro atoms. The van der Waals surface area contributed by atoms with Crippen molar-refractivity contribution in [1.82, 2.24) is 24.8 Å². The van der Waals surface area contributed by atoms with E-state index in [0.717, 1.165) is 26.6 Å². The molecule has 9 heteroatoms. The number of rotatable bonds is 3. The van der Waals surface area contributed by atoms with Crippen LogP contribution in [0.5, 0.6) is 0 Å². The Bertz CT molecular complexity index is 1300. The van der Waals surface area contributed by atoms with E-state index >= 15 is 0 Å². The van der Waals surface area contributed by atoms with Gasteiger partial charge in [-0.15, -0.1) is 15.3 Å². The molecule has 2 aromatic carbocycles. The third-order valence-corrected chi connectivity index (χ3v) is 5.57. The number of nitrogens with one attached hydrogen (secondary N) is 1. The summed E-state index contributed by atoms with van der Waals surface area (Å²) in [4.78, 5) is 18.4. The van der Waals surface area contributed by atoms with E-state index in [1.54, 1.807) is 6.07 Å². The molecular formula is C19H11BrN6OS. The summed E-state index contributed by atoms with van der Waals surface area (Å²) < 4.78 is 2.51. The van der Waals surface area contributed by atoms with Crippen LogP contribution in [0.25, 0.3) is 27.1 Å². The van der Waals surface area contributed by atoms with Gasteiger partial charge >= 0.3 is 0 Å². The lowest BCUT2D eigenvalue weighted by Crippen LogP contribution is -2.13. The van der Waals surface area contributed by atoms with Crippen LogP contribution in [0.3, 0.4) is 0 Å². The number of carbonyl (C=O) groups is 1. The van der Waals surface area contributed by atoms with Crippen molar-refractivity contribution in [2.75, 3.05) is 5.32 Å². The third kappa shape index (κ3) is 3.04. The number of benzene rings is 2. The summed E-state index contributed by atoms with van der Waals surface area (Å²) in [6.07, 6.45) is 1.50. The summed E-state index contributed by atoms with van der Waals surface area (Å²) in [6.45, 7) is 0. The smallest absolute Gasteiger partial charge is 0.258 e. The molecule has 136 valence electrons. The highest BCUT2D eigenvalue weighted by molar-refractivity contribution is 9.10. The molecular weight excluding hydrogens is 440 g/mol. The van der Waals surface area contributed by atoms with E-state index < -0.39 is 0 Å². The van der Waals surface area contributed by atoms with Crippen molar-refractivity contribution in [3.8, 4) is 11.3 Å². The Labute approximate surface area is 171 Å². The van der Waals surface area contributed by atoms with Crippen molar-refractivity contribution in [3.63, 3.8) is 0 Å². The van der Waals surface area contributed by atoms with Crippen molar-refractivity contribution in [1.29, 1.82) is 0 Å². The van der Waals surface area contributed by atoms with Crippen molar-refractivity contribution in [2.45, 2.75) is 0 Å². The molecule has 0 atom stereocenters. The fraction of sp³-hybridized carbons (Fsp3) is 0. The van der Waals surface area contributed by atoms with Crippen molar-refractivity contribution in [3.05, 3.63) is 71.0 Å². The van der Waals surface area contributed by atoms with E-state index in [0.29, 0.717) is 15.7 Å². The minimum atomic E-state index is -0.248. The highest BCUT2D eigenvalue weighted by atomic mass is 79.9. The predicted octanol–water partition coefficient (Wildman–Crippen LogP) is 4.42. The topological polar surface area (TPSA) is 85.1 Å². The van der Waals surface area contributed by atoms with Gasteiger partial charge in [-0.1, -0.05) is 57.6 Å². The maximum atomic E-state index is 13.0. The Kier molecular flexibility index (Phi) is 4.10. The Hall–Kier alpha value is -3.17. The largest absolute Gasteiger partial charge is 0.296 e. The van der Waals surface area contributed by atoms with Gasteiger partial charge in [0.2, 0.25) is 10.1 Å². The number of para-hydroxylation sites is 1. The highest BCUT2D eigenvalue weighted by Crippen LogP contribution is 2.27. The number of halogens is 1. The molecule has 3 heterocycles. The van der Waals surface area contributed by atoms with Crippen LogP contribution in [-0.2, 0) is 0 Å². The summed E-state index contributed by atoms with van der Waals surface area (Å²) in [5.74, 6) is -0.248. The van der Waals surface area contributed by atoms with Crippen LogP contribution in [0.1, 0.15) is 10.4 Å². The summed E-state index contributed by atoms with van der Waals surface area (Å²) in [6, 6.07) is 17.2. The first-order chi connectivity index (χ1) is 13.7. The van der Waals surface area contributed by atoms with E-state index in [9.17, 15) is 4.79 Å². The van der Waals surface area contributed by atoms with Gasteiger partial charge in [0.05, 0.1) is 16.8 Å². The average Bonchev–Trinajstić information content (AvgIpc) is 3.29. The molecule has 1 N–H and O–H groups in total. The van der Waals surface area contributed by atoms with Gasteiger partial charge in [-0.2, -0.15) is 4.52 Å². The van der Waals surface area contributed by atoms with Gasteiger partial charge in [-0.25, -0.2) is 4.98 Å². The number of fused-ring (bicyclic) bond motifs is 2. The maximum absolute atomic E-state index is 13.0. The van der Waals surface area contributed by atoms with Crippen LogP contribution in [0.15, 0.2) is 65.4 Å². The fourth-order valence-corrected chi connectivity index (χ4v) is 3.89. The number of carbonyl (C=O) groups excluding carboxylic acids is 1. The lowest BCUT2D eigenvalue weighted by atomic mass is 10.0. The molecule has 28 heavy (non-hydrogen) atoms. The SMILES string of the molecule is O=C(Nc1nn2cnnc2s1)c1cc(-c2ccc(Br)cc2)nc2ccccc12. The number of nitrogens with zero attached hydrogens (tertiary/aromatic N) is 5. The van der Waals surface area contributed by atoms with Crippen LogP contribution in [0.2, 0.25) is 0 Å². The molecule has 0 fully saturated rings. The van der Waals surface area contributed by atoms with Gasteiger partial charge in [-0.05, 0) is 24.3 Å². The molecule has 0 unspecified atom stereocenters. The molecule has 0 aliphatic heterocycles. The molecule has 5 rings (SSSR count). The quantitative estimate of drug-likeness (QED) is 0.439. The zero-order valence-electron chi connectivity index (χ0n) is 14.2. The Morgan fingerprint density at radius 1 is 1.11 bits per heavy atom. The summed E-state index contributed by atoms with van der Waals surface area (Å²) in [5, 5.41) is 16.1. The molecule has 0 aliphatic rings. The molecule has 0 radical (unpaired) electrons. The minimum Gasteiger partial charge on any atom is -0.296 e. The van der Waals surface area contributed by atoms with Crippen LogP contribution in [-0.4, -0.2) is 30.7 Å². The Morgan fingerprint density at radius 2 is 1.93 bits per heavy atom. The van der Waals surface area contributed by atoms with Gasteiger partial charge in [0, 0.05) is 15.4 Å². The first kappa shape index (κ1) is 17.0. The van der Waals surface area contributed by atoms with E-state index in [4.69, 9.17) is 4.98 Å². The molecule has 0 saturated carbocycles. The zero-order valence-corrected chi connectivity index (χ0v) is 16.6. The number of pyridine rings is 1. The van der Waals surface area contributed by atoms with Gasteiger partial charge in [0.15, 0.2) is 0 Å². The fourth-order valence-electron chi connectivity index (χ4n) is 2.91. The second-order valence-electron chi connectivity index (χ2n) is 6.00. The number of hydrogen-bond donors (Lipinski definition) is 1. The lowest BCUT2D eigenvalue weighted by molar-refractivity contribution is 0.102. The van der Waals surface area contributed by atoms with Crippen LogP contribution in [0.4, 0.5) is 5.13 Å². The van der Waals surface area contributed by atoms with Gasteiger partial charge in [0.25, 0.3) is 5.91 Å². The summed E-state index contributed by atoms with van der Waals surface area (Å²) in [7, 11) is 0. The maximum Gasteiger partial charge on any atom is 0.258 e. The standard InChI is InChI=1S/C19H11BrN6OS/c20-12-7-5-11(6-8-12)16-9-14(13-3-1-2-4-15(13)22-16)17(27)23-18-25-26-10-21-24-19(26)28-18/h1-10H,(H,23,25,27). The average molecular weight is 451 g/mol. The van der Waals surface area contributed by atoms with Gasteiger partial charge in [-0.3, -0.25) is 10.1 Å². The van der Waals surface area contributed by atoms with Gasteiger partial charge in [0.1, 0.15) is 6.33 Å². The first-order valence-corrected chi connectivity index (χ1v) is 9.92. The van der Waals surface area contributed by atoms with Crippen LogP contribution >= 0.6 is 27.3 Å². The highest BCUT2D eigenvalue weighted by Gasteiger charge is 2.16. The minimum absolute atomic E-state index is 0.248. The van der Waals surface area contributed by atoms with Crippen molar-refractivity contribution in [2.24, 2.45) is 0 Å². The number of amides is 1. The lowest BCUT2D eigenvalue weighted by Gasteiger charge is -2.09. The molecule has 3 aromatic heterocycles. The summed E-state index contributed by atoms with van der Waals surface area (Å²) >= 11 is 4.70. The molecule has 0 saturated heterocycles. The molecule has 5 aromatic rings. The van der Waals surface area contributed by atoms with Crippen molar-refractivity contribution >= 4 is 54.2 Å². The van der Waals surface area contributed by atoms with Crippen molar-refractivity contribution < 1.29 is 4.79 Å². The second-order valence-corrected chi connectivity index (χ2v) is 7.87. The monoisotopic (exact) mass is 450 g/mol. The summed E-state index contributed by atoms with van der Waals surface area (Å²) in [5.41, 5.74) is 2.96. The second kappa shape index (κ2) is 6.77. The van der Waals surface area contributed by atoms with Crippen LogP contribution < -0.4 is 5.32 Å². The van der Waals surface area contributed by atoms with Gasteiger partial charge < -0.3 is 0 Å². The van der Waals surface area contributed by atoms with E-state index in [2.05, 4.69) is 36.5 Å². The predicted molar refractivity (Wildman–Crippen MR) is 111 cm³/mol. The zero-order chi connectivity index (χ0) is 19.1. The Balaban J connectivity index is 1.59. The normalized spacial score (nSPS) is 11.2. The number of aromatic nitrogens is 5. The molecule has 1 amide bonds. The van der Waals surface area contributed by atoms with E-state index in [1.807, 2.05) is 48.5 Å². The molecule has 0 aliphatic carbocycles. The number of hydrogen-bond acceptors (Lipinski definition) is 6. The number of anilines is 1. The molecule has 0 bridgehead atoms. The van der Waals surface area contributed by atoms with E-state index in [1.165, 1.54) is 22.2 Å². The molecule has 7 nitrogen and oxygen atoms in total. The van der Waals surface area contributed by atoms with Crippen LogP contribution in [0, 0.1) is 0 Å². The third-order valence-electron chi connectivity index (χ3n) is 4.21.